The number of carboxylic acid groups (broad SMARTS) is 1. The Hall–Kier alpha value is -0.471. The minimum Gasteiger partial charge on any atom is -0.530 e. The molecular weight excluding hydrogens is 158 g/mol. The van der Waals surface area contributed by atoms with Gasteiger partial charge in [-0.1, -0.05) is 0 Å². The molecule has 51 valence electrons. The Morgan fingerprint density at radius 1 is 2.00 bits per heavy atom. The molecule has 0 saturated heterocycles. The van der Waals surface area contributed by atoms with Gasteiger partial charge in [0.05, 0.1) is 0 Å². The Morgan fingerprint density at radius 3 is 2.12 bits per heavy atom. The van der Waals surface area contributed by atoms with Crippen LogP contribution in [0.4, 0.5) is 4.79 Å². The number of carbonyl (C=O) groups excluding carboxylic acids is 1. The number of allylic oxidation sites excluding steroid dienone is 1. The molecule has 0 rings (SSSR count). The van der Waals surface area contributed by atoms with E-state index >= 15 is 0 Å². The molecular formula is C4H7CuNO2. The molecule has 0 radical (unpaired) electrons. The molecule has 0 heterocycles. The zero-order valence-electron chi connectivity index (χ0n) is 4.19. The third-order valence-corrected chi connectivity index (χ3v) is 0.359. The van der Waals surface area contributed by atoms with Gasteiger partial charge >= 0.3 is 34.0 Å². The second kappa shape index (κ2) is 9.73. The SMILES string of the molecule is C=C[CH2][Cu+].NC(=O)[O-]. The summed E-state index contributed by atoms with van der Waals surface area (Å²) in [7, 11) is 0. The van der Waals surface area contributed by atoms with E-state index in [1.165, 1.54) is 0 Å². The maximum atomic E-state index is 8.67. The largest absolute Gasteiger partial charge is 0.530 e. The minimum atomic E-state index is -1.58. The Bertz CT molecular complexity index is 70.4. The zero-order valence-corrected chi connectivity index (χ0v) is 5.13. The molecule has 8 heavy (non-hydrogen) atoms. The van der Waals surface area contributed by atoms with Crippen molar-refractivity contribution < 1.29 is 25.9 Å². The van der Waals surface area contributed by atoms with Crippen molar-refractivity contribution in [2.45, 2.75) is 5.32 Å². The number of amides is 1. The van der Waals surface area contributed by atoms with Gasteiger partial charge < -0.3 is 15.6 Å². The van der Waals surface area contributed by atoms with E-state index in [1.54, 1.807) is 6.08 Å². The third kappa shape index (κ3) is 405. The molecule has 3 nitrogen and oxygen atoms in total. The summed E-state index contributed by atoms with van der Waals surface area (Å²) in [6, 6.07) is 0. The van der Waals surface area contributed by atoms with E-state index in [1.807, 2.05) is 0 Å². The summed E-state index contributed by atoms with van der Waals surface area (Å²) in [5.41, 5.74) is 3.92. The first kappa shape index (κ1) is 10.5. The Kier molecular flexibility index (Phi) is 12.8. The van der Waals surface area contributed by atoms with E-state index in [0.717, 1.165) is 0 Å². The summed E-state index contributed by atoms with van der Waals surface area (Å²) in [5.74, 6) is 0. The van der Waals surface area contributed by atoms with Gasteiger partial charge in [-0.3, -0.25) is 0 Å². The molecule has 0 fully saturated rings. The second-order valence-electron chi connectivity index (χ2n) is 0.731. The molecule has 0 saturated carbocycles. The van der Waals surface area contributed by atoms with Crippen LogP contribution in [-0.4, -0.2) is 6.09 Å². The fourth-order valence-corrected chi connectivity index (χ4v) is 0. The van der Waals surface area contributed by atoms with Crippen molar-refractivity contribution in [1.29, 1.82) is 0 Å². The van der Waals surface area contributed by atoms with Crippen LogP contribution in [0.1, 0.15) is 0 Å². The molecule has 0 aromatic heterocycles. The van der Waals surface area contributed by atoms with Gasteiger partial charge in [0.1, 0.15) is 6.09 Å². The predicted octanol–water partition coefficient (Wildman–Crippen LogP) is -0.574. The standard InChI is InChI=1S/C3H5.CH3NO2.Cu/c1-3-2;2-1(3)4;/h3H,1-2H2;2H2,(H,3,4);/q;;+1/p-1. The molecule has 1 amide bonds. The first-order chi connectivity index (χ1) is 3.65. The number of rotatable bonds is 1. The van der Waals surface area contributed by atoms with Crippen LogP contribution in [0.25, 0.3) is 0 Å². The van der Waals surface area contributed by atoms with Crippen LogP contribution >= 0.6 is 0 Å². The molecule has 0 atom stereocenters. The molecule has 0 aliphatic rings. The van der Waals surface area contributed by atoms with Crippen molar-refractivity contribution in [3.63, 3.8) is 0 Å². The van der Waals surface area contributed by atoms with Crippen molar-refractivity contribution in [2.75, 3.05) is 0 Å². The molecule has 0 aliphatic heterocycles. The average molecular weight is 165 g/mol. The van der Waals surface area contributed by atoms with Crippen molar-refractivity contribution >= 4 is 6.09 Å². The summed E-state index contributed by atoms with van der Waals surface area (Å²) >= 11 is 4.55. The number of nitrogens with two attached hydrogens (primary N) is 1. The fraction of sp³-hybridized carbons (Fsp3) is 0.250. The average Bonchev–Trinajstić information content (AvgIpc) is 1.65. The maximum absolute atomic E-state index is 8.67. The van der Waals surface area contributed by atoms with E-state index < -0.39 is 6.09 Å². The second-order valence-corrected chi connectivity index (χ2v) is 1.12. The topological polar surface area (TPSA) is 66.2 Å². The summed E-state index contributed by atoms with van der Waals surface area (Å²) in [5, 5.41) is 9.31. The van der Waals surface area contributed by atoms with Gasteiger partial charge in [-0.15, -0.1) is 0 Å². The quantitative estimate of drug-likeness (QED) is 0.417. The molecule has 0 aliphatic carbocycles. The van der Waals surface area contributed by atoms with Gasteiger partial charge in [-0.25, -0.2) is 0 Å². The van der Waals surface area contributed by atoms with Crippen LogP contribution in [0, 0.1) is 0 Å². The van der Waals surface area contributed by atoms with Crippen molar-refractivity contribution in [1.82, 2.24) is 0 Å². The molecule has 0 unspecified atom stereocenters. The van der Waals surface area contributed by atoms with Crippen LogP contribution in [0.15, 0.2) is 12.7 Å². The van der Waals surface area contributed by atoms with Crippen LogP contribution in [0.3, 0.4) is 0 Å². The van der Waals surface area contributed by atoms with Gasteiger partial charge in [0.2, 0.25) is 0 Å². The molecule has 0 aromatic carbocycles. The van der Waals surface area contributed by atoms with Gasteiger partial charge in [0.15, 0.2) is 0 Å². The first-order valence-electron chi connectivity index (χ1n) is 1.73. The summed E-state index contributed by atoms with van der Waals surface area (Å²) in [6.07, 6.45) is 0.0972. The third-order valence-electron chi connectivity index (χ3n) is 0.0870. The number of primary amides is 1. The normalized spacial score (nSPS) is 6.25. The smallest absolute Gasteiger partial charge is 0.131 e. The van der Waals surface area contributed by atoms with Gasteiger partial charge in [-0.05, 0) is 0 Å². The summed E-state index contributed by atoms with van der Waals surface area (Å²) < 4.78 is 0. The van der Waals surface area contributed by atoms with E-state index in [-0.39, 0.29) is 0 Å². The molecule has 0 aromatic rings. The minimum absolute atomic E-state index is 0.646. The number of hydrogen-bond acceptors (Lipinski definition) is 2. The number of carbonyl (C=O) groups is 1. The van der Waals surface area contributed by atoms with Crippen LogP contribution < -0.4 is 10.8 Å². The Morgan fingerprint density at radius 2 is 2.12 bits per heavy atom. The summed E-state index contributed by atoms with van der Waals surface area (Å²) in [6.45, 7) is 3.37. The van der Waals surface area contributed by atoms with Crippen LogP contribution in [-0.2, 0) is 16.0 Å². The van der Waals surface area contributed by atoms with Gasteiger partial charge in [0.25, 0.3) is 0 Å². The predicted molar refractivity (Wildman–Crippen MR) is 24.6 cm³/mol. The van der Waals surface area contributed by atoms with Gasteiger partial charge in [-0.2, -0.15) is 0 Å². The van der Waals surface area contributed by atoms with Crippen LogP contribution in [0.5, 0.6) is 0 Å². The van der Waals surface area contributed by atoms with E-state index in [2.05, 4.69) is 28.3 Å². The Labute approximate surface area is 56.4 Å². The maximum Gasteiger partial charge on any atom is 0.131 e. The van der Waals surface area contributed by atoms with Gasteiger partial charge in [0, 0.05) is 0 Å². The number of hydrogen-bond donors (Lipinski definition) is 1. The van der Waals surface area contributed by atoms with Crippen molar-refractivity contribution in [3.05, 3.63) is 12.7 Å². The van der Waals surface area contributed by atoms with E-state index in [0.29, 0.717) is 5.32 Å². The fourth-order valence-electron chi connectivity index (χ4n) is 0. The molecule has 0 spiro atoms. The molecule has 0 bridgehead atoms. The van der Waals surface area contributed by atoms with Crippen LogP contribution in [0.2, 0.25) is 5.32 Å². The first-order valence-corrected chi connectivity index (χ1v) is 2.39. The monoisotopic (exact) mass is 164 g/mol. The van der Waals surface area contributed by atoms with E-state index in [9.17, 15) is 0 Å². The van der Waals surface area contributed by atoms with E-state index in [4.69, 9.17) is 9.90 Å². The Balaban J connectivity index is 0. The van der Waals surface area contributed by atoms with Crippen molar-refractivity contribution in [2.24, 2.45) is 5.73 Å². The molecule has 4 heteroatoms. The van der Waals surface area contributed by atoms with Crippen molar-refractivity contribution in [3.8, 4) is 0 Å². The zero-order chi connectivity index (χ0) is 6.99. The summed E-state index contributed by atoms with van der Waals surface area (Å²) in [4.78, 5) is 8.67. The molecule has 2 N–H and O–H groups in total.